The van der Waals surface area contributed by atoms with Crippen molar-refractivity contribution in [2.45, 2.75) is 17.8 Å². The number of thioether (sulfide) groups is 1. The molecule has 2 unspecified atom stereocenters. The van der Waals surface area contributed by atoms with E-state index in [9.17, 15) is 14.0 Å². The van der Waals surface area contributed by atoms with E-state index in [1.165, 1.54) is 40.9 Å². The Morgan fingerprint density at radius 3 is 2.78 bits per heavy atom. The first-order valence-electron chi connectivity index (χ1n) is 9.74. The van der Waals surface area contributed by atoms with Gasteiger partial charge in [0.15, 0.2) is 0 Å². The summed E-state index contributed by atoms with van der Waals surface area (Å²) in [5.74, 6) is 0.453. The van der Waals surface area contributed by atoms with E-state index < -0.39 is 23.1 Å². The molecule has 1 aromatic heterocycles. The van der Waals surface area contributed by atoms with Crippen molar-refractivity contribution in [1.29, 1.82) is 0 Å². The number of fused-ring (bicyclic) bond motifs is 1. The molecule has 0 aliphatic carbocycles. The van der Waals surface area contributed by atoms with Gasteiger partial charge in [-0.2, -0.15) is 4.98 Å². The van der Waals surface area contributed by atoms with Crippen LogP contribution in [0.15, 0.2) is 64.5 Å². The van der Waals surface area contributed by atoms with E-state index in [1.54, 1.807) is 18.6 Å². The lowest BCUT2D eigenvalue weighted by atomic mass is 10.1. The molecular weight excluding hydrogens is 435 g/mol. The van der Waals surface area contributed by atoms with Gasteiger partial charge in [0.1, 0.15) is 23.4 Å². The fourth-order valence-electron chi connectivity index (χ4n) is 3.69. The van der Waals surface area contributed by atoms with Crippen molar-refractivity contribution < 1.29 is 23.2 Å². The molecule has 2 aliphatic rings. The van der Waals surface area contributed by atoms with E-state index >= 15 is 0 Å². The number of carbonyl (C=O) groups excluding carboxylic acids is 2. The molecule has 1 fully saturated rings. The van der Waals surface area contributed by atoms with E-state index in [0.717, 1.165) is 4.90 Å². The van der Waals surface area contributed by atoms with Crippen LogP contribution in [0.25, 0.3) is 11.4 Å². The summed E-state index contributed by atoms with van der Waals surface area (Å²) in [6.45, 7) is 0.0207. The van der Waals surface area contributed by atoms with Crippen LogP contribution < -0.4 is 9.64 Å². The van der Waals surface area contributed by atoms with E-state index in [1.807, 2.05) is 24.3 Å². The highest BCUT2D eigenvalue weighted by Crippen LogP contribution is 2.37. The fourth-order valence-corrected chi connectivity index (χ4v) is 4.73. The molecule has 3 aromatic rings. The highest BCUT2D eigenvalue weighted by Gasteiger charge is 2.48. The third-order valence-corrected chi connectivity index (χ3v) is 6.35. The second-order valence-electron chi connectivity index (χ2n) is 7.18. The average Bonchev–Trinajstić information content (AvgIpc) is 3.48. The molecule has 2 aliphatic heterocycles. The van der Waals surface area contributed by atoms with Gasteiger partial charge in [0.2, 0.25) is 11.7 Å². The van der Waals surface area contributed by atoms with Crippen molar-refractivity contribution in [2.75, 3.05) is 12.0 Å². The molecule has 162 valence electrons. The molecule has 8 nitrogen and oxygen atoms in total. The third kappa shape index (κ3) is 3.52. The third-order valence-electron chi connectivity index (χ3n) is 5.26. The lowest BCUT2D eigenvalue weighted by Gasteiger charge is -2.40. The molecule has 0 bridgehead atoms. The van der Waals surface area contributed by atoms with Crippen molar-refractivity contribution in [1.82, 2.24) is 15.0 Å². The summed E-state index contributed by atoms with van der Waals surface area (Å²) in [4.78, 5) is 33.3. The van der Waals surface area contributed by atoms with E-state index in [0.29, 0.717) is 22.8 Å². The lowest BCUT2D eigenvalue weighted by Crippen LogP contribution is -2.61. The van der Waals surface area contributed by atoms with Gasteiger partial charge in [-0.3, -0.25) is 4.79 Å². The minimum absolute atomic E-state index is 0.0207. The minimum atomic E-state index is -0.531. The Bertz CT molecular complexity index is 1210. The molecule has 2 aromatic carbocycles. The van der Waals surface area contributed by atoms with Crippen molar-refractivity contribution in [3.8, 4) is 17.1 Å². The van der Waals surface area contributed by atoms with E-state index in [-0.39, 0.29) is 18.3 Å². The topological polar surface area (TPSA) is 88.8 Å². The van der Waals surface area contributed by atoms with Crippen LogP contribution in [-0.4, -0.2) is 45.4 Å². The Hall–Kier alpha value is -3.66. The lowest BCUT2D eigenvalue weighted by molar-refractivity contribution is -0.119. The maximum atomic E-state index is 13.4. The number of nitrogens with zero attached hydrogens (tertiary/aromatic N) is 4. The maximum absolute atomic E-state index is 13.4. The first kappa shape index (κ1) is 20.3. The monoisotopic (exact) mass is 452 g/mol. The van der Waals surface area contributed by atoms with E-state index in [4.69, 9.17) is 9.26 Å². The predicted octanol–water partition coefficient (Wildman–Crippen LogP) is 3.85. The van der Waals surface area contributed by atoms with Gasteiger partial charge in [0.25, 0.3) is 5.91 Å². The van der Waals surface area contributed by atoms with Gasteiger partial charge in [0, 0.05) is 5.56 Å². The highest BCUT2D eigenvalue weighted by molar-refractivity contribution is 8.03. The van der Waals surface area contributed by atoms with Gasteiger partial charge in [-0.05, 0) is 41.8 Å². The molecular formula is C22H17FN4O4S. The van der Waals surface area contributed by atoms with Crippen LogP contribution in [0, 0.1) is 5.82 Å². The van der Waals surface area contributed by atoms with Gasteiger partial charge >= 0.3 is 6.03 Å². The Kier molecular flexibility index (Phi) is 5.14. The molecule has 2 atom stereocenters. The number of amides is 3. The smallest absolute Gasteiger partial charge is 0.332 e. The standard InChI is InChI=1S/C22H17FN4O4S/c1-30-16-4-2-3-13(11-16)20-24-18(31-25-20)12-26-17-9-10-32-19(17)21(28)27(22(26)29)15-7-5-14(23)6-8-15/h2-11,17,19H,12H2,1H3. The van der Waals surface area contributed by atoms with Gasteiger partial charge < -0.3 is 14.2 Å². The van der Waals surface area contributed by atoms with Crippen molar-refractivity contribution in [3.63, 3.8) is 0 Å². The number of aromatic nitrogens is 2. The minimum Gasteiger partial charge on any atom is -0.497 e. The van der Waals surface area contributed by atoms with Gasteiger partial charge in [-0.25, -0.2) is 14.1 Å². The number of carbonyl (C=O) groups is 2. The molecule has 0 N–H and O–H groups in total. The van der Waals surface area contributed by atoms with Crippen LogP contribution >= 0.6 is 11.8 Å². The first-order valence-corrected chi connectivity index (χ1v) is 10.7. The fraction of sp³-hybridized carbons (Fsp3) is 0.182. The average molecular weight is 452 g/mol. The van der Waals surface area contributed by atoms with Crippen LogP contribution in [0.4, 0.5) is 14.9 Å². The zero-order valence-electron chi connectivity index (χ0n) is 16.8. The largest absolute Gasteiger partial charge is 0.497 e. The summed E-state index contributed by atoms with van der Waals surface area (Å²) in [5.41, 5.74) is 1.02. The summed E-state index contributed by atoms with van der Waals surface area (Å²) in [7, 11) is 1.57. The highest BCUT2D eigenvalue weighted by atomic mass is 32.2. The number of rotatable bonds is 5. The number of hydrogen-bond acceptors (Lipinski definition) is 7. The number of urea groups is 1. The van der Waals surface area contributed by atoms with Gasteiger partial charge in [-0.15, -0.1) is 11.8 Å². The number of anilines is 1. The summed E-state index contributed by atoms with van der Waals surface area (Å²) in [6.07, 6.45) is 1.81. The van der Waals surface area contributed by atoms with Crippen LogP contribution in [0.2, 0.25) is 0 Å². The summed E-state index contributed by atoms with van der Waals surface area (Å²) >= 11 is 1.34. The molecule has 5 rings (SSSR count). The Labute approximate surface area is 186 Å². The number of methoxy groups -OCH3 is 1. The van der Waals surface area contributed by atoms with E-state index in [2.05, 4.69) is 10.1 Å². The second kappa shape index (κ2) is 8.12. The van der Waals surface area contributed by atoms with Crippen molar-refractivity contribution in [3.05, 3.63) is 71.7 Å². The van der Waals surface area contributed by atoms with Crippen LogP contribution in [0.3, 0.4) is 0 Å². The summed E-state index contributed by atoms with van der Waals surface area (Å²) < 4.78 is 24.0. The van der Waals surface area contributed by atoms with Gasteiger partial charge in [-0.1, -0.05) is 23.4 Å². The van der Waals surface area contributed by atoms with Crippen molar-refractivity contribution in [2.24, 2.45) is 0 Å². The SMILES string of the molecule is COc1cccc(-c2noc(CN3C(=O)N(c4ccc(F)cc4)C(=O)C4SC=CC43)n2)c1. The number of imide groups is 1. The van der Waals surface area contributed by atoms with Crippen LogP contribution in [0.5, 0.6) is 5.75 Å². The molecule has 10 heteroatoms. The maximum Gasteiger partial charge on any atom is 0.332 e. The quantitative estimate of drug-likeness (QED) is 0.581. The number of halogens is 1. The van der Waals surface area contributed by atoms with Crippen LogP contribution in [0.1, 0.15) is 5.89 Å². The van der Waals surface area contributed by atoms with Crippen LogP contribution in [-0.2, 0) is 11.3 Å². The van der Waals surface area contributed by atoms with Gasteiger partial charge in [0.05, 0.1) is 18.8 Å². The molecule has 0 radical (unpaired) electrons. The molecule has 1 saturated heterocycles. The van der Waals surface area contributed by atoms with Crippen molar-refractivity contribution >= 4 is 29.4 Å². The number of ether oxygens (including phenoxy) is 1. The molecule has 0 spiro atoms. The summed E-state index contributed by atoms with van der Waals surface area (Å²) in [5, 5.41) is 5.32. The molecule has 32 heavy (non-hydrogen) atoms. The molecule has 3 amide bonds. The summed E-state index contributed by atoms with van der Waals surface area (Å²) in [6, 6.07) is 11.5. The Balaban J connectivity index is 1.44. The normalized spacial score (nSPS) is 20.1. The first-order chi connectivity index (χ1) is 15.5. The zero-order valence-corrected chi connectivity index (χ0v) is 17.7. The Morgan fingerprint density at radius 1 is 1.19 bits per heavy atom. The zero-order chi connectivity index (χ0) is 22.2. The number of benzene rings is 2. The second-order valence-corrected chi connectivity index (χ2v) is 8.23. The predicted molar refractivity (Wildman–Crippen MR) is 115 cm³/mol. The number of hydrogen-bond donors (Lipinski definition) is 0. The molecule has 0 saturated carbocycles. The molecule has 3 heterocycles. The Morgan fingerprint density at radius 2 is 2.00 bits per heavy atom.